The normalized spacial score (nSPS) is 10.7. The highest BCUT2D eigenvalue weighted by atomic mass is 16.2. The number of pyridine rings is 1. The van der Waals surface area contributed by atoms with E-state index in [9.17, 15) is 14.4 Å². The first kappa shape index (κ1) is 14.7. The molecule has 0 aliphatic carbocycles. The molecule has 0 bridgehead atoms. The molecule has 2 N–H and O–H groups in total. The first-order valence-corrected chi connectivity index (χ1v) is 6.93. The molecule has 0 saturated heterocycles. The lowest BCUT2D eigenvalue weighted by atomic mass is 10.1. The molecule has 0 spiro atoms. The van der Waals surface area contributed by atoms with Crippen molar-refractivity contribution in [2.45, 2.75) is 6.92 Å². The Morgan fingerprint density at radius 1 is 1.17 bits per heavy atom. The molecule has 116 valence electrons. The number of carbonyl (C=O) groups excluding carboxylic acids is 1. The number of aryl methyl sites for hydroxylation is 2. The van der Waals surface area contributed by atoms with Crippen LogP contribution in [0.5, 0.6) is 0 Å². The number of hydrogen-bond acceptors (Lipinski definition) is 4. The lowest BCUT2D eigenvalue weighted by Crippen LogP contribution is -2.23. The molecule has 3 rings (SSSR count). The summed E-state index contributed by atoms with van der Waals surface area (Å²) >= 11 is 0. The van der Waals surface area contributed by atoms with E-state index in [1.165, 1.54) is 25.2 Å². The molecule has 2 heterocycles. The van der Waals surface area contributed by atoms with Crippen molar-refractivity contribution >= 4 is 22.5 Å². The standard InChI is InChI=1S/C16H14N4O3/c1-9-7-14(21)18-13-8-10(3-4-11(9)13)17-16(23)12-5-6-15(22)20(2)19-12/h3-8H,1-2H3,(H,17,23)(H,18,21). The van der Waals surface area contributed by atoms with Crippen molar-refractivity contribution in [3.63, 3.8) is 0 Å². The van der Waals surface area contributed by atoms with Gasteiger partial charge in [-0.1, -0.05) is 6.07 Å². The third-order valence-electron chi connectivity index (χ3n) is 3.50. The number of anilines is 1. The van der Waals surface area contributed by atoms with E-state index in [0.717, 1.165) is 15.6 Å². The van der Waals surface area contributed by atoms with Crippen LogP contribution in [0.2, 0.25) is 0 Å². The molecule has 7 nitrogen and oxygen atoms in total. The largest absolute Gasteiger partial charge is 0.322 e. The van der Waals surface area contributed by atoms with Crippen molar-refractivity contribution in [1.82, 2.24) is 14.8 Å². The number of fused-ring (bicyclic) bond motifs is 1. The van der Waals surface area contributed by atoms with Gasteiger partial charge in [-0.25, -0.2) is 4.68 Å². The van der Waals surface area contributed by atoms with Gasteiger partial charge < -0.3 is 10.3 Å². The van der Waals surface area contributed by atoms with Crippen LogP contribution in [0.1, 0.15) is 16.1 Å². The summed E-state index contributed by atoms with van der Waals surface area (Å²) in [5.74, 6) is -0.435. The molecular formula is C16H14N4O3. The first-order valence-electron chi connectivity index (χ1n) is 6.93. The molecule has 1 aromatic carbocycles. The average molecular weight is 310 g/mol. The molecule has 2 aromatic heterocycles. The molecule has 0 fully saturated rings. The SMILES string of the molecule is Cc1cc(=O)[nH]c2cc(NC(=O)c3ccc(=O)n(C)n3)ccc12. The van der Waals surface area contributed by atoms with Crippen LogP contribution in [-0.2, 0) is 7.05 Å². The molecule has 1 amide bonds. The summed E-state index contributed by atoms with van der Waals surface area (Å²) < 4.78 is 1.09. The lowest BCUT2D eigenvalue weighted by Gasteiger charge is -2.07. The molecule has 23 heavy (non-hydrogen) atoms. The monoisotopic (exact) mass is 310 g/mol. The summed E-state index contributed by atoms with van der Waals surface area (Å²) in [7, 11) is 1.47. The van der Waals surface area contributed by atoms with E-state index in [4.69, 9.17) is 0 Å². The second-order valence-corrected chi connectivity index (χ2v) is 5.21. The summed E-state index contributed by atoms with van der Waals surface area (Å²) in [5, 5.41) is 7.50. The number of hydrogen-bond donors (Lipinski definition) is 2. The van der Waals surface area contributed by atoms with E-state index in [1.807, 2.05) is 13.0 Å². The number of aromatic amines is 1. The Balaban J connectivity index is 1.94. The number of aromatic nitrogens is 3. The van der Waals surface area contributed by atoms with Gasteiger partial charge in [0.15, 0.2) is 0 Å². The van der Waals surface area contributed by atoms with Gasteiger partial charge >= 0.3 is 0 Å². The Labute approximate surface area is 130 Å². The fourth-order valence-corrected chi connectivity index (χ4v) is 2.33. The minimum Gasteiger partial charge on any atom is -0.322 e. The summed E-state index contributed by atoms with van der Waals surface area (Å²) in [6.45, 7) is 1.85. The molecule has 0 atom stereocenters. The zero-order valence-electron chi connectivity index (χ0n) is 12.6. The smallest absolute Gasteiger partial charge is 0.276 e. The van der Waals surface area contributed by atoms with Gasteiger partial charge in [-0.05, 0) is 30.7 Å². The molecule has 7 heteroatoms. The van der Waals surface area contributed by atoms with Crippen molar-refractivity contribution in [2.24, 2.45) is 7.05 Å². The van der Waals surface area contributed by atoms with E-state index in [1.54, 1.807) is 12.1 Å². The van der Waals surface area contributed by atoms with Crippen LogP contribution in [-0.4, -0.2) is 20.7 Å². The summed E-state index contributed by atoms with van der Waals surface area (Å²) in [6, 6.07) is 9.42. The average Bonchev–Trinajstić information content (AvgIpc) is 2.49. The topological polar surface area (TPSA) is 96.9 Å². The zero-order chi connectivity index (χ0) is 16.6. The number of H-pyrrole nitrogens is 1. The Kier molecular flexibility index (Phi) is 3.53. The predicted molar refractivity (Wildman–Crippen MR) is 86.7 cm³/mol. The van der Waals surface area contributed by atoms with Crippen molar-refractivity contribution in [3.8, 4) is 0 Å². The first-order chi connectivity index (χ1) is 10.9. The van der Waals surface area contributed by atoms with Crippen molar-refractivity contribution in [3.05, 3.63) is 68.4 Å². The highest BCUT2D eigenvalue weighted by molar-refractivity contribution is 6.03. The maximum atomic E-state index is 12.2. The van der Waals surface area contributed by atoms with Gasteiger partial charge in [0.1, 0.15) is 5.69 Å². The number of nitrogens with one attached hydrogen (secondary N) is 2. The van der Waals surface area contributed by atoms with E-state index in [0.29, 0.717) is 11.2 Å². The molecule has 0 unspecified atom stereocenters. The third kappa shape index (κ3) is 2.89. The van der Waals surface area contributed by atoms with Gasteiger partial charge in [-0.2, -0.15) is 5.10 Å². The molecule has 0 radical (unpaired) electrons. The van der Waals surface area contributed by atoms with Gasteiger partial charge in [-0.15, -0.1) is 0 Å². The molecule has 0 aliphatic heterocycles. The second-order valence-electron chi connectivity index (χ2n) is 5.21. The van der Waals surface area contributed by atoms with Crippen LogP contribution < -0.4 is 16.4 Å². The Morgan fingerprint density at radius 2 is 1.96 bits per heavy atom. The maximum Gasteiger partial charge on any atom is 0.276 e. The highest BCUT2D eigenvalue weighted by Gasteiger charge is 2.10. The fraction of sp³-hybridized carbons (Fsp3) is 0.125. The number of nitrogens with zero attached hydrogens (tertiary/aromatic N) is 2. The summed E-state index contributed by atoms with van der Waals surface area (Å²) in [4.78, 5) is 37.8. The van der Waals surface area contributed by atoms with Gasteiger partial charge in [0.2, 0.25) is 5.56 Å². The van der Waals surface area contributed by atoms with Gasteiger partial charge in [-0.3, -0.25) is 14.4 Å². The quantitative estimate of drug-likeness (QED) is 0.743. The van der Waals surface area contributed by atoms with Crippen molar-refractivity contribution in [2.75, 3.05) is 5.32 Å². The summed E-state index contributed by atoms with van der Waals surface area (Å²) in [5.41, 5.74) is 1.67. The second kappa shape index (κ2) is 5.53. The minimum absolute atomic E-state index is 0.130. The Morgan fingerprint density at radius 3 is 2.70 bits per heavy atom. The van der Waals surface area contributed by atoms with Crippen LogP contribution in [0.25, 0.3) is 10.9 Å². The number of rotatable bonds is 2. The highest BCUT2D eigenvalue weighted by Crippen LogP contribution is 2.19. The predicted octanol–water partition coefficient (Wildman–Crippen LogP) is 1.18. The van der Waals surface area contributed by atoms with Crippen LogP contribution >= 0.6 is 0 Å². The number of amides is 1. The molecule has 0 saturated carbocycles. The molecule has 3 aromatic rings. The van der Waals surface area contributed by atoms with Crippen LogP contribution in [0.4, 0.5) is 5.69 Å². The van der Waals surface area contributed by atoms with Crippen molar-refractivity contribution in [1.29, 1.82) is 0 Å². The van der Waals surface area contributed by atoms with Gasteiger partial charge in [0.05, 0.1) is 5.52 Å². The van der Waals surface area contributed by atoms with E-state index in [-0.39, 0.29) is 16.8 Å². The number of benzene rings is 1. The van der Waals surface area contributed by atoms with Crippen LogP contribution in [0.3, 0.4) is 0 Å². The lowest BCUT2D eigenvalue weighted by molar-refractivity contribution is 0.102. The molecular weight excluding hydrogens is 296 g/mol. The Hall–Kier alpha value is -3.22. The maximum absolute atomic E-state index is 12.2. The minimum atomic E-state index is -0.435. The Bertz CT molecular complexity index is 1030. The van der Waals surface area contributed by atoms with Gasteiger partial charge in [0.25, 0.3) is 11.5 Å². The van der Waals surface area contributed by atoms with Gasteiger partial charge in [0, 0.05) is 30.3 Å². The van der Waals surface area contributed by atoms with E-state index >= 15 is 0 Å². The van der Waals surface area contributed by atoms with Crippen LogP contribution in [0, 0.1) is 6.92 Å². The molecule has 0 aliphatic rings. The third-order valence-corrected chi connectivity index (χ3v) is 3.50. The number of carbonyl (C=O) groups is 1. The zero-order valence-corrected chi connectivity index (χ0v) is 12.6. The van der Waals surface area contributed by atoms with E-state index < -0.39 is 5.91 Å². The van der Waals surface area contributed by atoms with Crippen LogP contribution in [0.15, 0.2) is 46.0 Å². The van der Waals surface area contributed by atoms with Crippen molar-refractivity contribution < 1.29 is 4.79 Å². The fourth-order valence-electron chi connectivity index (χ4n) is 2.33. The summed E-state index contributed by atoms with van der Waals surface area (Å²) in [6.07, 6.45) is 0. The van der Waals surface area contributed by atoms with E-state index in [2.05, 4.69) is 15.4 Å².